The SMILES string of the molecule is COC(=O)[C@H]1CCCCN1C(C)C(=O)NCC(C)C. The van der Waals surface area contributed by atoms with E-state index in [9.17, 15) is 9.59 Å². The summed E-state index contributed by atoms with van der Waals surface area (Å²) < 4.78 is 4.84. The highest BCUT2D eigenvalue weighted by Gasteiger charge is 2.35. The molecule has 1 N–H and O–H groups in total. The van der Waals surface area contributed by atoms with Crippen molar-refractivity contribution in [1.29, 1.82) is 0 Å². The number of hydrogen-bond donors (Lipinski definition) is 1. The van der Waals surface area contributed by atoms with Crippen LogP contribution in [-0.4, -0.2) is 49.1 Å². The Bertz CT molecular complexity index is 318. The van der Waals surface area contributed by atoms with Crippen molar-refractivity contribution in [3.63, 3.8) is 0 Å². The maximum Gasteiger partial charge on any atom is 0.323 e. The molecule has 5 nitrogen and oxygen atoms in total. The van der Waals surface area contributed by atoms with Gasteiger partial charge in [0.15, 0.2) is 0 Å². The number of hydrogen-bond acceptors (Lipinski definition) is 4. The van der Waals surface area contributed by atoms with E-state index in [1.807, 2.05) is 11.8 Å². The average Bonchev–Trinajstić information content (AvgIpc) is 2.42. The standard InChI is InChI=1S/C14H26N2O3/c1-10(2)9-15-13(17)11(3)16-8-6-5-7-12(16)14(18)19-4/h10-12H,5-9H2,1-4H3,(H,15,17)/t11?,12-/m1/s1. The second-order valence-electron chi connectivity index (χ2n) is 5.59. The van der Waals surface area contributed by atoms with Crippen LogP contribution in [0.4, 0.5) is 0 Å². The van der Waals surface area contributed by atoms with Crippen LogP contribution < -0.4 is 5.32 Å². The molecule has 110 valence electrons. The normalized spacial score (nSPS) is 22.1. The van der Waals surface area contributed by atoms with Gasteiger partial charge in [0, 0.05) is 6.54 Å². The van der Waals surface area contributed by atoms with Crippen molar-refractivity contribution in [2.24, 2.45) is 5.92 Å². The molecule has 0 aromatic carbocycles. The van der Waals surface area contributed by atoms with Crippen molar-refractivity contribution < 1.29 is 14.3 Å². The topological polar surface area (TPSA) is 58.6 Å². The van der Waals surface area contributed by atoms with Gasteiger partial charge in [-0.05, 0) is 32.2 Å². The zero-order chi connectivity index (χ0) is 14.4. The van der Waals surface area contributed by atoms with Crippen LogP contribution in [0.15, 0.2) is 0 Å². The third-order valence-electron chi connectivity index (χ3n) is 3.58. The summed E-state index contributed by atoms with van der Waals surface area (Å²) in [6.45, 7) is 7.42. The summed E-state index contributed by atoms with van der Waals surface area (Å²) in [5.74, 6) is 0.182. The Morgan fingerprint density at radius 3 is 2.58 bits per heavy atom. The molecule has 1 aliphatic rings. The fourth-order valence-corrected chi connectivity index (χ4v) is 2.41. The first-order valence-corrected chi connectivity index (χ1v) is 7.08. The number of likely N-dealkylation sites (tertiary alicyclic amines) is 1. The maximum atomic E-state index is 12.1. The molecule has 0 aromatic heterocycles. The molecule has 0 aromatic rings. The maximum absolute atomic E-state index is 12.1. The van der Waals surface area contributed by atoms with Crippen LogP contribution in [0.3, 0.4) is 0 Å². The lowest BCUT2D eigenvalue weighted by atomic mass is 10.00. The van der Waals surface area contributed by atoms with Crippen LogP contribution in [-0.2, 0) is 14.3 Å². The molecule has 19 heavy (non-hydrogen) atoms. The number of carbonyl (C=O) groups excluding carboxylic acids is 2. The molecule has 0 saturated carbocycles. The van der Waals surface area contributed by atoms with E-state index in [4.69, 9.17) is 4.74 Å². The molecule has 0 aliphatic carbocycles. The molecule has 1 saturated heterocycles. The van der Waals surface area contributed by atoms with E-state index in [2.05, 4.69) is 19.2 Å². The number of nitrogens with one attached hydrogen (secondary N) is 1. The van der Waals surface area contributed by atoms with Gasteiger partial charge in [-0.1, -0.05) is 20.3 Å². The second-order valence-corrected chi connectivity index (χ2v) is 5.59. The molecular weight excluding hydrogens is 244 g/mol. The Morgan fingerprint density at radius 1 is 1.32 bits per heavy atom. The van der Waals surface area contributed by atoms with E-state index >= 15 is 0 Å². The first-order chi connectivity index (χ1) is 8.97. The van der Waals surface area contributed by atoms with E-state index in [1.54, 1.807) is 0 Å². The summed E-state index contributed by atoms with van der Waals surface area (Å²) in [5, 5.41) is 2.92. The fourth-order valence-electron chi connectivity index (χ4n) is 2.41. The summed E-state index contributed by atoms with van der Waals surface area (Å²) in [6, 6.07) is -0.568. The van der Waals surface area contributed by atoms with E-state index in [0.29, 0.717) is 12.5 Å². The molecule has 0 radical (unpaired) electrons. The van der Waals surface area contributed by atoms with Gasteiger partial charge in [-0.25, -0.2) is 0 Å². The molecule has 1 heterocycles. The minimum Gasteiger partial charge on any atom is -0.468 e. The van der Waals surface area contributed by atoms with Crippen LogP contribution in [0.5, 0.6) is 0 Å². The highest BCUT2D eigenvalue weighted by atomic mass is 16.5. The molecule has 1 fully saturated rings. The molecule has 0 bridgehead atoms. The Labute approximate surface area is 115 Å². The predicted octanol–water partition coefficient (Wildman–Crippen LogP) is 1.17. The van der Waals surface area contributed by atoms with Crippen LogP contribution >= 0.6 is 0 Å². The lowest BCUT2D eigenvalue weighted by Crippen LogP contribution is -2.54. The smallest absolute Gasteiger partial charge is 0.323 e. The average molecular weight is 270 g/mol. The molecule has 2 atom stereocenters. The van der Waals surface area contributed by atoms with Crippen molar-refractivity contribution in [3.8, 4) is 0 Å². The number of piperidine rings is 1. The molecule has 1 rings (SSSR count). The van der Waals surface area contributed by atoms with Crippen molar-refractivity contribution in [3.05, 3.63) is 0 Å². The highest BCUT2D eigenvalue weighted by Crippen LogP contribution is 2.20. The van der Waals surface area contributed by atoms with E-state index in [0.717, 1.165) is 25.8 Å². The summed E-state index contributed by atoms with van der Waals surface area (Å²) in [6.07, 6.45) is 2.81. The first kappa shape index (κ1) is 16.0. The van der Waals surface area contributed by atoms with Gasteiger partial charge in [-0.2, -0.15) is 0 Å². The van der Waals surface area contributed by atoms with Crippen LogP contribution in [0.2, 0.25) is 0 Å². The number of carbonyl (C=O) groups is 2. The third kappa shape index (κ3) is 4.49. The van der Waals surface area contributed by atoms with Gasteiger partial charge in [0.25, 0.3) is 0 Å². The Morgan fingerprint density at radius 2 is 2.00 bits per heavy atom. The molecule has 5 heteroatoms. The third-order valence-corrected chi connectivity index (χ3v) is 3.58. The van der Waals surface area contributed by atoms with Crippen molar-refractivity contribution in [1.82, 2.24) is 10.2 Å². The van der Waals surface area contributed by atoms with E-state index in [-0.39, 0.29) is 24.0 Å². The number of rotatable bonds is 5. The zero-order valence-corrected chi connectivity index (χ0v) is 12.4. The number of esters is 1. The van der Waals surface area contributed by atoms with Gasteiger partial charge in [-0.15, -0.1) is 0 Å². The summed E-state index contributed by atoms with van der Waals surface area (Å²) >= 11 is 0. The minimum absolute atomic E-state index is 0.00972. The van der Waals surface area contributed by atoms with E-state index in [1.165, 1.54) is 7.11 Å². The van der Waals surface area contributed by atoms with Gasteiger partial charge in [0.05, 0.1) is 13.2 Å². The summed E-state index contributed by atoms with van der Waals surface area (Å²) in [5.41, 5.74) is 0. The van der Waals surface area contributed by atoms with E-state index < -0.39 is 0 Å². The second kappa shape index (κ2) is 7.48. The Hall–Kier alpha value is -1.10. The zero-order valence-electron chi connectivity index (χ0n) is 12.4. The van der Waals surface area contributed by atoms with Crippen LogP contribution in [0, 0.1) is 5.92 Å². The van der Waals surface area contributed by atoms with Crippen molar-refractivity contribution >= 4 is 11.9 Å². The van der Waals surface area contributed by atoms with Crippen LogP contribution in [0.25, 0.3) is 0 Å². The monoisotopic (exact) mass is 270 g/mol. The van der Waals surface area contributed by atoms with Crippen molar-refractivity contribution in [2.45, 2.75) is 52.1 Å². The van der Waals surface area contributed by atoms with Gasteiger partial charge in [-0.3, -0.25) is 14.5 Å². The number of amides is 1. The number of nitrogens with zero attached hydrogens (tertiary/aromatic N) is 1. The first-order valence-electron chi connectivity index (χ1n) is 7.08. The highest BCUT2D eigenvalue weighted by molar-refractivity contribution is 5.83. The largest absolute Gasteiger partial charge is 0.468 e. The fraction of sp³-hybridized carbons (Fsp3) is 0.857. The minimum atomic E-state index is -0.289. The Balaban J connectivity index is 2.63. The molecule has 1 amide bonds. The number of ether oxygens (including phenoxy) is 1. The summed E-state index contributed by atoms with van der Waals surface area (Å²) in [4.78, 5) is 25.8. The quantitative estimate of drug-likeness (QED) is 0.762. The molecule has 1 unspecified atom stereocenters. The lowest BCUT2D eigenvalue weighted by Gasteiger charge is -2.37. The molecular formula is C14H26N2O3. The number of methoxy groups -OCH3 is 1. The van der Waals surface area contributed by atoms with Gasteiger partial charge >= 0.3 is 5.97 Å². The molecule has 0 spiro atoms. The summed E-state index contributed by atoms with van der Waals surface area (Å²) in [7, 11) is 1.40. The van der Waals surface area contributed by atoms with Gasteiger partial charge < -0.3 is 10.1 Å². The van der Waals surface area contributed by atoms with Gasteiger partial charge in [0.2, 0.25) is 5.91 Å². The Kier molecular flexibility index (Phi) is 6.28. The predicted molar refractivity (Wildman–Crippen MR) is 73.7 cm³/mol. The van der Waals surface area contributed by atoms with Crippen LogP contribution in [0.1, 0.15) is 40.0 Å². The van der Waals surface area contributed by atoms with Crippen molar-refractivity contribution in [2.75, 3.05) is 20.2 Å². The lowest BCUT2D eigenvalue weighted by molar-refractivity contribution is -0.150. The van der Waals surface area contributed by atoms with Gasteiger partial charge in [0.1, 0.15) is 6.04 Å². The molecule has 1 aliphatic heterocycles.